The van der Waals surface area contributed by atoms with Crippen LogP contribution in [0.25, 0.3) is 0 Å². The van der Waals surface area contributed by atoms with Gasteiger partial charge in [0.05, 0.1) is 12.1 Å². The molecule has 3 amide bonds. The van der Waals surface area contributed by atoms with Crippen molar-refractivity contribution in [1.29, 1.82) is 0 Å². The Morgan fingerprint density at radius 3 is 1.52 bits per heavy atom. The SMILES string of the molecule is NC[C@H]1O[C@H](O[C@H]2[C@H](O)[C@@H](O)[C@H](NC(=O)OCc3ccccc3)C[C@@H]2NC(=O)OCc2ccccc2)[C@H](NC(=O)OCc2ccccc2)[C@@H](O)[C@@H]1O. The van der Waals surface area contributed by atoms with Crippen LogP contribution < -0.4 is 21.7 Å². The molecule has 1 heterocycles. The van der Waals surface area contributed by atoms with E-state index in [0.29, 0.717) is 11.1 Å². The number of hydrogen-bond acceptors (Lipinski definition) is 13. The monoisotopic (exact) mass is 724 g/mol. The van der Waals surface area contributed by atoms with Gasteiger partial charge in [0.2, 0.25) is 0 Å². The maximum absolute atomic E-state index is 13.1. The Morgan fingerprint density at radius 2 is 1.06 bits per heavy atom. The van der Waals surface area contributed by atoms with Gasteiger partial charge in [0.15, 0.2) is 6.29 Å². The van der Waals surface area contributed by atoms with Crippen LogP contribution in [0.4, 0.5) is 14.4 Å². The number of hydrogen-bond donors (Lipinski definition) is 8. The van der Waals surface area contributed by atoms with Crippen LogP contribution in [-0.4, -0.2) is 106 Å². The Bertz CT molecular complexity index is 1570. The number of ether oxygens (including phenoxy) is 5. The van der Waals surface area contributed by atoms with Crippen molar-refractivity contribution in [2.24, 2.45) is 5.73 Å². The van der Waals surface area contributed by atoms with E-state index in [1.165, 1.54) is 0 Å². The first-order valence-corrected chi connectivity index (χ1v) is 16.8. The van der Waals surface area contributed by atoms with Gasteiger partial charge in [-0.1, -0.05) is 91.0 Å². The minimum Gasteiger partial charge on any atom is -0.445 e. The molecule has 52 heavy (non-hydrogen) atoms. The van der Waals surface area contributed by atoms with Gasteiger partial charge < -0.3 is 65.8 Å². The quantitative estimate of drug-likeness (QED) is 0.121. The third-order valence-corrected chi connectivity index (χ3v) is 8.76. The lowest BCUT2D eigenvalue weighted by Crippen LogP contribution is -2.69. The van der Waals surface area contributed by atoms with Crippen LogP contribution in [0.5, 0.6) is 0 Å². The van der Waals surface area contributed by atoms with Gasteiger partial charge in [-0.25, -0.2) is 14.4 Å². The highest BCUT2D eigenvalue weighted by Crippen LogP contribution is 2.29. The maximum Gasteiger partial charge on any atom is 0.407 e. The number of aliphatic hydroxyl groups is 4. The topological polar surface area (TPSA) is 240 Å². The molecular formula is C36H44N4O12. The third kappa shape index (κ3) is 10.4. The number of alkyl carbamates (subject to hydrolysis) is 3. The highest BCUT2D eigenvalue weighted by atomic mass is 16.7. The summed E-state index contributed by atoms with van der Waals surface area (Å²) in [4.78, 5) is 38.6. The van der Waals surface area contributed by atoms with Crippen LogP contribution in [0.15, 0.2) is 91.0 Å². The van der Waals surface area contributed by atoms with Crippen molar-refractivity contribution in [3.63, 3.8) is 0 Å². The molecule has 280 valence electrons. The summed E-state index contributed by atoms with van der Waals surface area (Å²) in [5.41, 5.74) is 7.89. The van der Waals surface area contributed by atoms with Crippen LogP contribution in [0, 0.1) is 0 Å². The van der Waals surface area contributed by atoms with Gasteiger partial charge in [-0.3, -0.25) is 0 Å². The van der Waals surface area contributed by atoms with E-state index < -0.39 is 79.3 Å². The summed E-state index contributed by atoms with van der Waals surface area (Å²) in [7, 11) is 0. The summed E-state index contributed by atoms with van der Waals surface area (Å²) in [6.45, 7) is -0.518. The zero-order valence-corrected chi connectivity index (χ0v) is 28.1. The molecule has 1 aliphatic carbocycles. The van der Waals surface area contributed by atoms with Crippen LogP contribution in [0.3, 0.4) is 0 Å². The highest BCUT2D eigenvalue weighted by Gasteiger charge is 2.51. The molecule has 3 aromatic rings. The van der Waals surface area contributed by atoms with Gasteiger partial charge in [0.25, 0.3) is 0 Å². The number of carbonyl (C=O) groups is 3. The standard InChI is InChI=1S/C36H44N4O12/c37-17-26-29(42)30(43)27(40-36(47)50-20-23-14-8-3-9-15-23)33(51-26)52-32-25(39-35(46)49-19-22-12-6-2-7-13-22)16-24(28(41)31(32)44)38-34(45)48-18-21-10-4-1-5-11-21/h1-15,24-33,41-44H,16-20,37H2,(H,38,45)(H,39,46)(H,40,47)/t24-,25+,26-,27-,28+,29-,30-,31-,32-,33-/m1/s1. The third-order valence-electron chi connectivity index (χ3n) is 8.76. The van der Waals surface area contributed by atoms with Crippen molar-refractivity contribution >= 4 is 18.3 Å². The number of nitrogens with two attached hydrogens (primary N) is 1. The molecule has 0 unspecified atom stereocenters. The van der Waals surface area contributed by atoms with Gasteiger partial charge >= 0.3 is 18.3 Å². The summed E-state index contributed by atoms with van der Waals surface area (Å²) in [5.74, 6) is 0. The first-order valence-electron chi connectivity index (χ1n) is 16.8. The van der Waals surface area contributed by atoms with Gasteiger partial charge in [0.1, 0.15) is 62.5 Å². The number of amides is 3. The smallest absolute Gasteiger partial charge is 0.407 e. The average molecular weight is 725 g/mol. The molecule has 0 bridgehead atoms. The first kappa shape index (κ1) is 38.4. The van der Waals surface area contributed by atoms with Crippen molar-refractivity contribution in [2.75, 3.05) is 6.54 Å². The van der Waals surface area contributed by atoms with Gasteiger partial charge in [-0.2, -0.15) is 0 Å². The molecule has 1 aliphatic heterocycles. The molecular weight excluding hydrogens is 680 g/mol. The molecule has 1 saturated carbocycles. The Hall–Kier alpha value is -4.81. The van der Waals surface area contributed by atoms with E-state index in [1.807, 2.05) is 12.1 Å². The molecule has 2 aliphatic rings. The van der Waals surface area contributed by atoms with Crippen LogP contribution in [-0.2, 0) is 43.5 Å². The zero-order chi connectivity index (χ0) is 37.0. The molecule has 10 atom stereocenters. The average Bonchev–Trinajstić information content (AvgIpc) is 3.16. The Morgan fingerprint density at radius 1 is 0.615 bits per heavy atom. The minimum absolute atomic E-state index is 0.0606. The molecule has 16 heteroatoms. The zero-order valence-electron chi connectivity index (χ0n) is 28.1. The summed E-state index contributed by atoms with van der Waals surface area (Å²) in [6, 6.07) is 22.8. The fraction of sp³-hybridized carbons (Fsp3) is 0.417. The largest absolute Gasteiger partial charge is 0.445 e. The first-order chi connectivity index (χ1) is 25.1. The lowest BCUT2D eigenvalue weighted by Gasteiger charge is -2.47. The summed E-state index contributed by atoms with van der Waals surface area (Å²) >= 11 is 0. The second-order valence-electron chi connectivity index (χ2n) is 12.4. The van der Waals surface area contributed by atoms with Gasteiger partial charge in [0, 0.05) is 6.54 Å². The molecule has 1 saturated heterocycles. The fourth-order valence-corrected chi connectivity index (χ4v) is 5.96. The number of carbonyl (C=O) groups excluding carboxylic acids is 3. The van der Waals surface area contributed by atoms with E-state index in [0.717, 1.165) is 5.56 Å². The molecule has 0 aromatic heterocycles. The van der Waals surface area contributed by atoms with Crippen molar-refractivity contribution < 1.29 is 58.5 Å². The predicted octanol–water partition coefficient (Wildman–Crippen LogP) is 0.788. The normalized spacial score (nSPS) is 28.6. The Balaban J connectivity index is 1.32. The van der Waals surface area contributed by atoms with Crippen molar-refractivity contribution in [1.82, 2.24) is 16.0 Å². The molecule has 5 rings (SSSR count). The predicted molar refractivity (Wildman–Crippen MR) is 182 cm³/mol. The summed E-state index contributed by atoms with van der Waals surface area (Å²) < 4.78 is 27.9. The lowest BCUT2D eigenvalue weighted by molar-refractivity contribution is -0.292. The number of nitrogens with one attached hydrogen (secondary N) is 3. The van der Waals surface area contributed by atoms with Gasteiger partial charge in [-0.05, 0) is 23.1 Å². The molecule has 9 N–H and O–H groups in total. The van der Waals surface area contributed by atoms with E-state index in [-0.39, 0.29) is 32.8 Å². The number of benzene rings is 3. The summed E-state index contributed by atoms with van der Waals surface area (Å²) in [5, 5.41) is 51.9. The number of rotatable bonds is 12. The molecule has 16 nitrogen and oxygen atoms in total. The molecule has 0 spiro atoms. The second-order valence-corrected chi connectivity index (χ2v) is 12.4. The summed E-state index contributed by atoms with van der Waals surface area (Å²) in [6.07, 6.45) is -13.9. The van der Waals surface area contributed by atoms with E-state index in [2.05, 4.69) is 16.0 Å². The minimum atomic E-state index is -1.79. The van der Waals surface area contributed by atoms with E-state index in [4.69, 9.17) is 29.4 Å². The van der Waals surface area contributed by atoms with Crippen molar-refractivity contribution in [3.05, 3.63) is 108 Å². The lowest BCUT2D eigenvalue weighted by atomic mass is 9.83. The molecule has 0 radical (unpaired) electrons. The second kappa shape index (κ2) is 18.6. The fourth-order valence-electron chi connectivity index (χ4n) is 5.96. The van der Waals surface area contributed by atoms with E-state index >= 15 is 0 Å². The van der Waals surface area contributed by atoms with Crippen molar-refractivity contribution in [3.8, 4) is 0 Å². The van der Waals surface area contributed by atoms with E-state index in [1.54, 1.807) is 78.9 Å². The van der Waals surface area contributed by atoms with Crippen LogP contribution in [0.2, 0.25) is 0 Å². The Labute approximate surface area is 299 Å². The molecule has 2 fully saturated rings. The van der Waals surface area contributed by atoms with Crippen LogP contribution >= 0.6 is 0 Å². The maximum atomic E-state index is 13.1. The molecule has 3 aromatic carbocycles. The van der Waals surface area contributed by atoms with Crippen molar-refractivity contribution in [2.45, 2.75) is 87.3 Å². The number of aliphatic hydroxyl groups excluding tert-OH is 4. The van der Waals surface area contributed by atoms with Crippen LogP contribution in [0.1, 0.15) is 23.1 Å². The van der Waals surface area contributed by atoms with Gasteiger partial charge in [-0.15, -0.1) is 0 Å². The van der Waals surface area contributed by atoms with E-state index in [9.17, 15) is 34.8 Å². The highest BCUT2D eigenvalue weighted by molar-refractivity contribution is 5.69. The Kier molecular flexibility index (Phi) is 13.8.